The van der Waals surface area contributed by atoms with E-state index in [0.29, 0.717) is 5.75 Å². The minimum Gasteiger partial charge on any atom is -0.491 e. The van der Waals surface area contributed by atoms with Gasteiger partial charge in [-0.05, 0) is 30.7 Å². The number of aromatic nitrogens is 1. The van der Waals surface area contributed by atoms with Crippen molar-refractivity contribution in [1.82, 2.24) is 10.3 Å². The van der Waals surface area contributed by atoms with Gasteiger partial charge in [-0.25, -0.2) is 9.37 Å². The molecule has 0 bridgehead atoms. The van der Waals surface area contributed by atoms with Crippen LogP contribution in [-0.4, -0.2) is 35.3 Å². The molecular weight excluding hydrogens is 319 g/mol. The Bertz CT molecular complexity index is 631. The smallest absolute Gasteiger partial charge is 0.226 e. The average molecular weight is 338 g/mol. The largest absolute Gasteiger partial charge is 0.491 e. The molecule has 0 fully saturated rings. The lowest BCUT2D eigenvalue weighted by Gasteiger charge is -2.13. The van der Waals surface area contributed by atoms with E-state index in [0.717, 1.165) is 17.1 Å². The highest BCUT2D eigenvalue weighted by Gasteiger charge is 2.10. The number of aryl methyl sites for hydroxylation is 1. The summed E-state index contributed by atoms with van der Waals surface area (Å²) in [5.41, 5.74) is 0.737. The van der Waals surface area contributed by atoms with Crippen molar-refractivity contribution < 1.29 is 19.0 Å². The van der Waals surface area contributed by atoms with Gasteiger partial charge in [-0.1, -0.05) is 6.92 Å². The van der Waals surface area contributed by atoms with Crippen molar-refractivity contribution in [2.75, 3.05) is 13.2 Å². The van der Waals surface area contributed by atoms with Crippen LogP contribution in [-0.2, 0) is 17.6 Å². The SMILES string of the molecule is CCc1nc(CC(=O)NCC(O)COc2ccc(F)cc2)cs1. The molecule has 0 radical (unpaired) electrons. The van der Waals surface area contributed by atoms with Crippen molar-refractivity contribution in [3.8, 4) is 5.75 Å². The Morgan fingerprint density at radius 2 is 2.17 bits per heavy atom. The van der Waals surface area contributed by atoms with Crippen molar-refractivity contribution >= 4 is 17.2 Å². The molecule has 5 nitrogen and oxygen atoms in total. The third-order valence-electron chi connectivity index (χ3n) is 3.03. The number of amides is 1. The molecule has 2 N–H and O–H groups in total. The van der Waals surface area contributed by atoms with E-state index in [1.165, 1.54) is 35.6 Å². The fourth-order valence-corrected chi connectivity index (χ4v) is 2.58. The van der Waals surface area contributed by atoms with Gasteiger partial charge < -0.3 is 15.2 Å². The zero-order valence-corrected chi connectivity index (χ0v) is 13.6. The van der Waals surface area contributed by atoms with Crippen LogP contribution < -0.4 is 10.1 Å². The number of carbonyl (C=O) groups excluding carboxylic acids is 1. The number of nitrogens with zero attached hydrogens (tertiary/aromatic N) is 1. The van der Waals surface area contributed by atoms with Crippen molar-refractivity contribution in [2.45, 2.75) is 25.9 Å². The van der Waals surface area contributed by atoms with E-state index >= 15 is 0 Å². The molecule has 124 valence electrons. The van der Waals surface area contributed by atoms with Crippen molar-refractivity contribution in [1.29, 1.82) is 0 Å². The predicted octanol–water partition coefficient (Wildman–Crippen LogP) is 1.94. The van der Waals surface area contributed by atoms with Gasteiger partial charge in [-0.2, -0.15) is 0 Å². The van der Waals surface area contributed by atoms with Crippen molar-refractivity contribution in [3.63, 3.8) is 0 Å². The van der Waals surface area contributed by atoms with Gasteiger partial charge in [-0.3, -0.25) is 4.79 Å². The molecule has 2 aromatic rings. The van der Waals surface area contributed by atoms with E-state index < -0.39 is 6.10 Å². The summed E-state index contributed by atoms with van der Waals surface area (Å²) in [7, 11) is 0. The molecule has 1 aromatic heterocycles. The molecule has 7 heteroatoms. The summed E-state index contributed by atoms with van der Waals surface area (Å²) in [6, 6.07) is 5.52. The van der Waals surface area contributed by atoms with E-state index in [-0.39, 0.29) is 31.3 Å². The van der Waals surface area contributed by atoms with E-state index in [1.807, 2.05) is 12.3 Å². The molecule has 0 saturated carbocycles. The Kier molecular flexibility index (Phi) is 6.49. The fraction of sp³-hybridized carbons (Fsp3) is 0.375. The fourth-order valence-electron chi connectivity index (χ4n) is 1.83. The zero-order chi connectivity index (χ0) is 16.7. The minimum atomic E-state index is -0.842. The Hall–Kier alpha value is -1.99. The Morgan fingerprint density at radius 3 is 2.83 bits per heavy atom. The number of halogens is 1. The molecule has 0 aliphatic heterocycles. The van der Waals surface area contributed by atoms with E-state index in [9.17, 15) is 14.3 Å². The number of ether oxygens (including phenoxy) is 1. The molecule has 2 rings (SSSR count). The van der Waals surface area contributed by atoms with Gasteiger partial charge in [0.25, 0.3) is 0 Å². The predicted molar refractivity (Wildman–Crippen MR) is 86.1 cm³/mol. The number of nitrogens with one attached hydrogen (secondary N) is 1. The van der Waals surface area contributed by atoms with E-state index in [2.05, 4.69) is 10.3 Å². The van der Waals surface area contributed by atoms with Crippen LogP contribution in [0.15, 0.2) is 29.6 Å². The van der Waals surface area contributed by atoms with E-state index in [4.69, 9.17) is 4.74 Å². The number of hydrogen-bond donors (Lipinski definition) is 2. The van der Waals surface area contributed by atoms with Crippen LogP contribution in [0.4, 0.5) is 4.39 Å². The third kappa shape index (κ3) is 5.96. The van der Waals surface area contributed by atoms with Crippen LogP contribution in [0, 0.1) is 5.82 Å². The molecule has 1 heterocycles. The van der Waals surface area contributed by atoms with Crippen LogP contribution in [0.3, 0.4) is 0 Å². The lowest BCUT2D eigenvalue weighted by atomic mass is 10.3. The van der Waals surface area contributed by atoms with Gasteiger partial charge in [0.05, 0.1) is 17.1 Å². The van der Waals surface area contributed by atoms with Crippen molar-refractivity contribution in [3.05, 3.63) is 46.2 Å². The van der Waals surface area contributed by atoms with Crippen LogP contribution >= 0.6 is 11.3 Å². The Labute approximate surface area is 138 Å². The van der Waals surface area contributed by atoms with Crippen LogP contribution in [0.5, 0.6) is 5.75 Å². The molecule has 1 aromatic carbocycles. The molecule has 0 aliphatic carbocycles. The molecule has 0 spiro atoms. The third-order valence-corrected chi connectivity index (χ3v) is 4.08. The standard InChI is InChI=1S/C16H19FN2O3S/c1-2-16-19-12(10-23-16)7-15(21)18-8-13(20)9-22-14-5-3-11(17)4-6-14/h3-6,10,13,20H,2,7-9H2,1H3,(H,18,21). The number of aliphatic hydroxyl groups is 1. The quantitative estimate of drug-likeness (QED) is 0.772. The van der Waals surface area contributed by atoms with Gasteiger partial charge in [-0.15, -0.1) is 11.3 Å². The highest BCUT2D eigenvalue weighted by molar-refractivity contribution is 7.09. The number of rotatable bonds is 8. The van der Waals surface area contributed by atoms with Crippen LogP contribution in [0.2, 0.25) is 0 Å². The molecular formula is C16H19FN2O3S. The minimum absolute atomic E-state index is 0.0165. The number of aliphatic hydroxyl groups excluding tert-OH is 1. The summed E-state index contributed by atoms with van der Waals surface area (Å²) in [4.78, 5) is 16.1. The van der Waals surface area contributed by atoms with Crippen LogP contribution in [0.1, 0.15) is 17.6 Å². The van der Waals surface area contributed by atoms with Crippen molar-refractivity contribution in [2.24, 2.45) is 0 Å². The number of hydrogen-bond acceptors (Lipinski definition) is 5. The van der Waals surface area contributed by atoms with Crippen LogP contribution in [0.25, 0.3) is 0 Å². The Morgan fingerprint density at radius 1 is 1.43 bits per heavy atom. The molecule has 23 heavy (non-hydrogen) atoms. The first-order chi connectivity index (χ1) is 11.1. The maximum atomic E-state index is 12.7. The molecule has 1 unspecified atom stereocenters. The maximum Gasteiger partial charge on any atom is 0.226 e. The zero-order valence-electron chi connectivity index (χ0n) is 12.8. The maximum absolute atomic E-state index is 12.7. The lowest BCUT2D eigenvalue weighted by Crippen LogP contribution is -2.36. The monoisotopic (exact) mass is 338 g/mol. The summed E-state index contributed by atoms with van der Waals surface area (Å²) < 4.78 is 18.1. The summed E-state index contributed by atoms with van der Waals surface area (Å²) >= 11 is 1.54. The molecule has 0 aliphatic rings. The first-order valence-electron chi connectivity index (χ1n) is 7.33. The van der Waals surface area contributed by atoms with Gasteiger partial charge in [0.1, 0.15) is 24.3 Å². The van der Waals surface area contributed by atoms with E-state index in [1.54, 1.807) is 0 Å². The first kappa shape index (κ1) is 17.4. The number of benzene rings is 1. The Balaban J connectivity index is 1.67. The average Bonchev–Trinajstić information content (AvgIpc) is 3.00. The lowest BCUT2D eigenvalue weighted by molar-refractivity contribution is -0.121. The highest BCUT2D eigenvalue weighted by Crippen LogP contribution is 2.12. The van der Waals surface area contributed by atoms with Gasteiger partial charge in [0.2, 0.25) is 5.91 Å². The normalized spacial score (nSPS) is 12.0. The molecule has 1 amide bonds. The summed E-state index contributed by atoms with van der Waals surface area (Å²) in [6.45, 7) is 2.12. The summed E-state index contributed by atoms with van der Waals surface area (Å²) in [5.74, 6) is -0.0800. The summed E-state index contributed by atoms with van der Waals surface area (Å²) in [6.07, 6.45) is 0.207. The molecule has 0 saturated heterocycles. The second-order valence-corrected chi connectivity index (χ2v) is 5.93. The first-order valence-corrected chi connectivity index (χ1v) is 8.21. The van der Waals surface area contributed by atoms with Gasteiger partial charge in [0, 0.05) is 11.9 Å². The number of carbonyl (C=O) groups is 1. The van der Waals surface area contributed by atoms with Gasteiger partial charge >= 0.3 is 0 Å². The highest BCUT2D eigenvalue weighted by atomic mass is 32.1. The van der Waals surface area contributed by atoms with Gasteiger partial charge in [0.15, 0.2) is 0 Å². The second kappa shape index (κ2) is 8.59. The number of thiazole rings is 1. The summed E-state index contributed by atoms with van der Waals surface area (Å²) in [5, 5.41) is 15.3. The topological polar surface area (TPSA) is 71.5 Å². The molecule has 1 atom stereocenters. The second-order valence-electron chi connectivity index (χ2n) is 4.99.